The van der Waals surface area contributed by atoms with Gasteiger partial charge in [-0.25, -0.2) is 12.4 Å². The molecule has 5 heteroatoms. The largest absolute Gasteiger partial charge is 0.268 e. The fourth-order valence-electron chi connectivity index (χ4n) is 2.57. The summed E-state index contributed by atoms with van der Waals surface area (Å²) in [6.45, 7) is 3.90. The smallest absolute Gasteiger partial charge is 0.238 e. The highest BCUT2D eigenvalue weighted by molar-refractivity contribution is 9.10. The highest BCUT2D eigenvalue weighted by Crippen LogP contribution is 2.30. The van der Waals surface area contributed by atoms with E-state index in [0.717, 1.165) is 21.1 Å². The van der Waals surface area contributed by atoms with Crippen LogP contribution < -0.4 is 0 Å². The maximum Gasteiger partial charge on any atom is 0.268 e. The molecular weight excluding hydrogens is 362 g/mol. The molecule has 0 aliphatic rings. The number of hydrogen-bond donors (Lipinski definition) is 0. The third kappa shape index (κ3) is 2.38. The van der Waals surface area contributed by atoms with Gasteiger partial charge >= 0.3 is 0 Å². The number of rotatable bonds is 3. The SMILES string of the molecule is CCc1cc2c(Br)cccc2n1S(=O)(=O)c1ccc(C)cc1. The van der Waals surface area contributed by atoms with E-state index in [1.807, 2.05) is 50.2 Å². The Morgan fingerprint density at radius 2 is 1.77 bits per heavy atom. The lowest BCUT2D eigenvalue weighted by Gasteiger charge is -2.11. The van der Waals surface area contributed by atoms with Crippen molar-refractivity contribution < 1.29 is 8.42 Å². The molecule has 22 heavy (non-hydrogen) atoms. The van der Waals surface area contributed by atoms with Crippen molar-refractivity contribution >= 4 is 36.9 Å². The zero-order chi connectivity index (χ0) is 15.9. The Kier molecular flexibility index (Phi) is 3.87. The van der Waals surface area contributed by atoms with Crippen LogP contribution in [0.15, 0.2) is 57.9 Å². The molecule has 0 aliphatic carbocycles. The summed E-state index contributed by atoms with van der Waals surface area (Å²) in [4.78, 5) is 0.310. The molecule has 0 atom stereocenters. The van der Waals surface area contributed by atoms with Crippen LogP contribution in [-0.2, 0) is 16.4 Å². The minimum Gasteiger partial charge on any atom is -0.238 e. The highest BCUT2D eigenvalue weighted by atomic mass is 79.9. The van der Waals surface area contributed by atoms with Gasteiger partial charge in [0.2, 0.25) is 0 Å². The van der Waals surface area contributed by atoms with Crippen molar-refractivity contribution in [3.05, 3.63) is 64.3 Å². The number of fused-ring (bicyclic) bond motifs is 1. The van der Waals surface area contributed by atoms with Gasteiger partial charge in [-0.2, -0.15) is 0 Å². The number of aromatic nitrogens is 1. The topological polar surface area (TPSA) is 39.1 Å². The number of aryl methyl sites for hydroxylation is 2. The lowest BCUT2D eigenvalue weighted by atomic mass is 10.2. The second kappa shape index (κ2) is 5.56. The molecule has 0 unspecified atom stereocenters. The molecule has 114 valence electrons. The fraction of sp³-hybridized carbons (Fsp3) is 0.176. The first-order valence-corrected chi connectivity index (χ1v) is 9.29. The third-order valence-electron chi connectivity index (χ3n) is 3.74. The summed E-state index contributed by atoms with van der Waals surface area (Å²) in [6.07, 6.45) is 0.645. The molecule has 1 heterocycles. The molecule has 0 N–H and O–H groups in total. The van der Waals surface area contributed by atoms with Gasteiger partial charge in [-0.05, 0) is 43.7 Å². The van der Waals surface area contributed by atoms with Crippen molar-refractivity contribution in [1.82, 2.24) is 3.97 Å². The Morgan fingerprint density at radius 1 is 1.09 bits per heavy atom. The summed E-state index contributed by atoms with van der Waals surface area (Å²) in [6, 6.07) is 14.5. The summed E-state index contributed by atoms with van der Waals surface area (Å²) < 4.78 is 28.5. The number of hydrogen-bond acceptors (Lipinski definition) is 2. The van der Waals surface area contributed by atoms with Crippen LogP contribution in [0.3, 0.4) is 0 Å². The molecule has 0 saturated carbocycles. The molecule has 0 fully saturated rings. The molecule has 0 bridgehead atoms. The normalized spacial score (nSPS) is 12.0. The van der Waals surface area contributed by atoms with E-state index in [9.17, 15) is 8.42 Å². The maximum atomic E-state index is 13.1. The average Bonchev–Trinajstić information content (AvgIpc) is 2.88. The zero-order valence-electron chi connectivity index (χ0n) is 12.4. The van der Waals surface area contributed by atoms with Crippen LogP contribution >= 0.6 is 15.9 Å². The minimum atomic E-state index is -3.60. The Bertz CT molecular complexity index is 941. The molecule has 2 aromatic carbocycles. The Hall–Kier alpha value is -1.59. The monoisotopic (exact) mass is 377 g/mol. The minimum absolute atomic E-state index is 0.310. The van der Waals surface area contributed by atoms with Gasteiger partial charge in [-0.15, -0.1) is 0 Å². The predicted molar refractivity (Wildman–Crippen MR) is 92.8 cm³/mol. The van der Waals surface area contributed by atoms with E-state index in [0.29, 0.717) is 16.8 Å². The van der Waals surface area contributed by atoms with Gasteiger partial charge in [0.25, 0.3) is 10.0 Å². The van der Waals surface area contributed by atoms with E-state index < -0.39 is 10.0 Å². The zero-order valence-corrected chi connectivity index (χ0v) is 14.8. The molecule has 0 spiro atoms. The van der Waals surface area contributed by atoms with Crippen molar-refractivity contribution in [2.24, 2.45) is 0 Å². The number of halogens is 1. The highest BCUT2D eigenvalue weighted by Gasteiger charge is 2.22. The summed E-state index contributed by atoms with van der Waals surface area (Å²) >= 11 is 3.50. The lowest BCUT2D eigenvalue weighted by Crippen LogP contribution is -2.15. The van der Waals surface area contributed by atoms with E-state index in [-0.39, 0.29) is 0 Å². The predicted octanol–water partition coefficient (Wildman–Crippen LogP) is 4.51. The Morgan fingerprint density at radius 3 is 2.41 bits per heavy atom. The van der Waals surface area contributed by atoms with Crippen molar-refractivity contribution in [1.29, 1.82) is 0 Å². The molecular formula is C17H16BrNO2S. The average molecular weight is 378 g/mol. The van der Waals surface area contributed by atoms with Gasteiger partial charge < -0.3 is 0 Å². The summed E-state index contributed by atoms with van der Waals surface area (Å²) in [5, 5.41) is 0.912. The first-order valence-electron chi connectivity index (χ1n) is 7.06. The van der Waals surface area contributed by atoms with Crippen molar-refractivity contribution in [2.75, 3.05) is 0 Å². The van der Waals surface area contributed by atoms with E-state index >= 15 is 0 Å². The van der Waals surface area contributed by atoms with Gasteiger partial charge in [0, 0.05) is 15.6 Å². The fourth-order valence-corrected chi connectivity index (χ4v) is 4.64. The van der Waals surface area contributed by atoms with Crippen LogP contribution in [0, 0.1) is 6.92 Å². The maximum absolute atomic E-state index is 13.1. The summed E-state index contributed by atoms with van der Waals surface area (Å²) in [7, 11) is -3.60. The van der Waals surface area contributed by atoms with Crippen LogP contribution in [0.2, 0.25) is 0 Å². The van der Waals surface area contributed by atoms with Crippen LogP contribution in [-0.4, -0.2) is 12.4 Å². The van der Waals surface area contributed by atoms with Gasteiger partial charge in [0.15, 0.2) is 0 Å². The Labute approximate surface area is 138 Å². The van der Waals surface area contributed by atoms with Crippen molar-refractivity contribution in [3.8, 4) is 0 Å². The summed E-state index contributed by atoms with van der Waals surface area (Å²) in [5.41, 5.74) is 2.52. The Balaban J connectivity index is 2.33. The molecule has 3 aromatic rings. The molecule has 0 aliphatic heterocycles. The van der Waals surface area contributed by atoms with Gasteiger partial charge in [-0.3, -0.25) is 0 Å². The van der Waals surface area contributed by atoms with E-state index in [1.54, 1.807) is 12.1 Å². The van der Waals surface area contributed by atoms with Crippen LogP contribution in [0.1, 0.15) is 18.2 Å². The first-order chi connectivity index (χ1) is 10.4. The van der Waals surface area contributed by atoms with Crippen molar-refractivity contribution in [2.45, 2.75) is 25.2 Å². The quantitative estimate of drug-likeness (QED) is 0.673. The van der Waals surface area contributed by atoms with Gasteiger partial charge in [0.05, 0.1) is 10.4 Å². The number of benzene rings is 2. The first kappa shape index (κ1) is 15.3. The molecule has 3 nitrogen and oxygen atoms in total. The molecule has 0 amide bonds. The molecule has 3 rings (SSSR count). The van der Waals surface area contributed by atoms with E-state index in [4.69, 9.17) is 0 Å². The molecule has 0 saturated heterocycles. The second-order valence-corrected chi connectivity index (χ2v) is 7.89. The number of nitrogens with zero attached hydrogens (tertiary/aromatic N) is 1. The second-order valence-electron chi connectivity index (χ2n) is 5.24. The van der Waals surface area contributed by atoms with E-state index in [1.165, 1.54) is 3.97 Å². The lowest BCUT2D eigenvalue weighted by molar-refractivity contribution is 0.587. The third-order valence-corrected chi connectivity index (χ3v) is 6.21. The standard InChI is InChI=1S/C17H16BrNO2S/c1-3-13-11-15-16(18)5-4-6-17(15)19(13)22(20,21)14-9-7-12(2)8-10-14/h4-11H,3H2,1-2H3. The van der Waals surface area contributed by atoms with E-state index in [2.05, 4.69) is 15.9 Å². The van der Waals surface area contributed by atoms with Crippen LogP contribution in [0.25, 0.3) is 10.9 Å². The van der Waals surface area contributed by atoms with Crippen molar-refractivity contribution in [3.63, 3.8) is 0 Å². The van der Waals surface area contributed by atoms with Gasteiger partial charge in [-0.1, -0.05) is 46.6 Å². The van der Waals surface area contributed by atoms with Crippen LogP contribution in [0.5, 0.6) is 0 Å². The van der Waals surface area contributed by atoms with Gasteiger partial charge in [0.1, 0.15) is 0 Å². The van der Waals surface area contributed by atoms with Crippen LogP contribution in [0.4, 0.5) is 0 Å². The molecule has 1 aromatic heterocycles. The summed E-state index contributed by atoms with van der Waals surface area (Å²) in [5.74, 6) is 0. The molecule has 0 radical (unpaired) electrons.